The van der Waals surface area contributed by atoms with Gasteiger partial charge in [-0.25, -0.2) is 0 Å². The van der Waals surface area contributed by atoms with Gasteiger partial charge in [-0.2, -0.15) is 0 Å². The van der Waals surface area contributed by atoms with Gasteiger partial charge in [0, 0.05) is 23.1 Å². The van der Waals surface area contributed by atoms with E-state index in [1.54, 1.807) is 6.07 Å². The van der Waals surface area contributed by atoms with Crippen LogP contribution in [0.5, 0.6) is 5.75 Å². The minimum Gasteiger partial charge on any atom is -0.508 e. The average Bonchev–Trinajstić information content (AvgIpc) is 2.80. The fraction of sp³-hybridized carbons (Fsp3) is 0.294. The van der Waals surface area contributed by atoms with E-state index in [4.69, 9.17) is 0 Å². The van der Waals surface area contributed by atoms with Crippen molar-refractivity contribution in [1.29, 1.82) is 0 Å². The van der Waals surface area contributed by atoms with Crippen molar-refractivity contribution in [2.75, 3.05) is 6.54 Å². The van der Waals surface area contributed by atoms with E-state index < -0.39 is 5.60 Å². The van der Waals surface area contributed by atoms with E-state index in [1.807, 2.05) is 30.3 Å². The molecular formula is C17H18BrNO2. The molecule has 0 fully saturated rings. The summed E-state index contributed by atoms with van der Waals surface area (Å²) in [4.78, 5) is 0. The molecule has 0 aliphatic heterocycles. The van der Waals surface area contributed by atoms with Crippen LogP contribution in [-0.4, -0.2) is 16.8 Å². The number of hydrogen-bond acceptors (Lipinski definition) is 3. The molecule has 3 rings (SSSR count). The molecule has 0 spiro atoms. The van der Waals surface area contributed by atoms with Crippen molar-refractivity contribution in [3.8, 4) is 5.75 Å². The molecule has 0 aromatic heterocycles. The summed E-state index contributed by atoms with van der Waals surface area (Å²) < 4.78 is 0.854. The lowest BCUT2D eigenvalue weighted by Crippen LogP contribution is -2.36. The highest BCUT2D eigenvalue weighted by Crippen LogP contribution is 2.36. The molecule has 3 N–H and O–H groups in total. The Balaban J connectivity index is 1.66. The number of aryl methyl sites for hydroxylation is 1. The van der Waals surface area contributed by atoms with Crippen molar-refractivity contribution < 1.29 is 10.2 Å². The van der Waals surface area contributed by atoms with Crippen LogP contribution < -0.4 is 5.32 Å². The van der Waals surface area contributed by atoms with Gasteiger partial charge in [0.15, 0.2) is 0 Å². The number of nitrogens with one attached hydrogen (secondary N) is 1. The standard InChI is InChI=1S/C17H18BrNO2/c18-14-6-5-13(16(20)9-14)10-19-11-17(21)8-7-12-3-1-2-4-15(12)17/h1-6,9,19-21H,7-8,10-11H2. The van der Waals surface area contributed by atoms with Crippen molar-refractivity contribution in [2.45, 2.75) is 25.0 Å². The minimum absolute atomic E-state index is 0.260. The van der Waals surface area contributed by atoms with Crippen molar-refractivity contribution in [1.82, 2.24) is 5.32 Å². The summed E-state index contributed by atoms with van der Waals surface area (Å²) in [6.45, 7) is 1.02. The van der Waals surface area contributed by atoms with Crippen molar-refractivity contribution in [3.05, 3.63) is 63.6 Å². The number of halogens is 1. The summed E-state index contributed by atoms with van der Waals surface area (Å²) >= 11 is 3.32. The Labute approximate surface area is 132 Å². The van der Waals surface area contributed by atoms with Crippen LogP contribution >= 0.6 is 15.9 Å². The molecule has 4 heteroatoms. The van der Waals surface area contributed by atoms with Crippen LogP contribution in [0.1, 0.15) is 23.1 Å². The highest BCUT2D eigenvalue weighted by Gasteiger charge is 2.35. The highest BCUT2D eigenvalue weighted by atomic mass is 79.9. The molecule has 0 saturated carbocycles. The first kappa shape index (κ1) is 14.6. The Bertz CT molecular complexity index is 659. The first-order valence-electron chi connectivity index (χ1n) is 7.07. The van der Waals surface area contributed by atoms with E-state index in [-0.39, 0.29) is 5.75 Å². The summed E-state index contributed by atoms with van der Waals surface area (Å²) in [5.74, 6) is 0.260. The SMILES string of the molecule is Oc1cc(Br)ccc1CNCC1(O)CCc2ccccc21. The lowest BCUT2D eigenvalue weighted by Gasteiger charge is -2.24. The molecule has 2 aromatic carbocycles. The quantitative estimate of drug-likeness (QED) is 0.796. The molecule has 0 bridgehead atoms. The number of fused-ring (bicyclic) bond motifs is 1. The molecule has 3 nitrogen and oxygen atoms in total. The Hall–Kier alpha value is -1.36. The maximum Gasteiger partial charge on any atom is 0.121 e. The third-order valence-corrected chi connectivity index (χ3v) is 4.60. The fourth-order valence-electron chi connectivity index (χ4n) is 2.94. The first-order valence-corrected chi connectivity index (χ1v) is 7.87. The van der Waals surface area contributed by atoms with Gasteiger partial charge in [-0.15, -0.1) is 0 Å². The molecule has 1 unspecified atom stereocenters. The lowest BCUT2D eigenvalue weighted by molar-refractivity contribution is 0.0384. The van der Waals surface area contributed by atoms with Gasteiger partial charge in [-0.3, -0.25) is 0 Å². The molecule has 110 valence electrons. The van der Waals surface area contributed by atoms with Gasteiger partial charge < -0.3 is 15.5 Å². The number of aromatic hydroxyl groups is 1. The van der Waals surface area contributed by atoms with E-state index in [0.717, 1.165) is 28.4 Å². The largest absolute Gasteiger partial charge is 0.508 e. The Kier molecular flexibility index (Phi) is 4.02. The van der Waals surface area contributed by atoms with E-state index in [2.05, 4.69) is 27.3 Å². The van der Waals surface area contributed by atoms with Crippen LogP contribution in [0.3, 0.4) is 0 Å². The predicted octanol–water partition coefficient (Wildman–Crippen LogP) is 3.08. The molecule has 21 heavy (non-hydrogen) atoms. The summed E-state index contributed by atoms with van der Waals surface area (Å²) in [5.41, 5.74) is 2.28. The number of benzene rings is 2. The van der Waals surface area contributed by atoms with Gasteiger partial charge >= 0.3 is 0 Å². The van der Waals surface area contributed by atoms with Crippen LogP contribution in [0, 0.1) is 0 Å². The topological polar surface area (TPSA) is 52.5 Å². The second-order valence-electron chi connectivity index (χ2n) is 5.57. The number of phenolic OH excluding ortho intramolecular Hbond substituents is 1. The fourth-order valence-corrected chi connectivity index (χ4v) is 3.29. The third kappa shape index (κ3) is 2.98. The molecule has 2 aromatic rings. The summed E-state index contributed by atoms with van der Waals surface area (Å²) in [7, 11) is 0. The Morgan fingerprint density at radius 3 is 2.81 bits per heavy atom. The van der Waals surface area contributed by atoms with Crippen molar-refractivity contribution in [3.63, 3.8) is 0 Å². The van der Waals surface area contributed by atoms with Crippen molar-refractivity contribution in [2.24, 2.45) is 0 Å². The summed E-state index contributed by atoms with van der Waals surface area (Å²) in [6.07, 6.45) is 1.66. The number of phenols is 1. The summed E-state index contributed by atoms with van der Waals surface area (Å²) in [5, 5.41) is 23.9. The van der Waals surface area contributed by atoms with Gasteiger partial charge in [0.25, 0.3) is 0 Å². The average molecular weight is 348 g/mol. The lowest BCUT2D eigenvalue weighted by atomic mass is 9.96. The molecule has 0 amide bonds. The van der Waals surface area contributed by atoms with E-state index in [0.29, 0.717) is 13.1 Å². The maximum absolute atomic E-state index is 10.8. The highest BCUT2D eigenvalue weighted by molar-refractivity contribution is 9.10. The van der Waals surface area contributed by atoms with Crippen LogP contribution in [-0.2, 0) is 18.6 Å². The van der Waals surface area contributed by atoms with E-state index >= 15 is 0 Å². The molecule has 1 aliphatic rings. The van der Waals surface area contributed by atoms with Crippen LogP contribution in [0.2, 0.25) is 0 Å². The van der Waals surface area contributed by atoms with E-state index in [1.165, 1.54) is 5.56 Å². The molecule has 1 atom stereocenters. The Morgan fingerprint density at radius 1 is 1.19 bits per heavy atom. The second-order valence-corrected chi connectivity index (χ2v) is 6.48. The molecule has 0 radical (unpaired) electrons. The molecule has 0 saturated heterocycles. The number of aliphatic hydroxyl groups is 1. The zero-order valence-electron chi connectivity index (χ0n) is 11.6. The zero-order valence-corrected chi connectivity index (χ0v) is 13.2. The Morgan fingerprint density at radius 2 is 2.00 bits per heavy atom. The van der Waals surface area contributed by atoms with Gasteiger partial charge in [0.05, 0.1) is 0 Å². The van der Waals surface area contributed by atoms with Crippen LogP contribution in [0.15, 0.2) is 46.9 Å². The van der Waals surface area contributed by atoms with Crippen LogP contribution in [0.25, 0.3) is 0 Å². The van der Waals surface area contributed by atoms with E-state index in [9.17, 15) is 10.2 Å². The summed E-state index contributed by atoms with van der Waals surface area (Å²) in [6, 6.07) is 13.5. The van der Waals surface area contributed by atoms with Crippen LogP contribution in [0.4, 0.5) is 0 Å². The number of rotatable bonds is 4. The molecular weight excluding hydrogens is 330 g/mol. The monoisotopic (exact) mass is 347 g/mol. The second kappa shape index (κ2) is 5.79. The smallest absolute Gasteiger partial charge is 0.121 e. The van der Waals surface area contributed by atoms with Gasteiger partial charge in [-0.05, 0) is 36.1 Å². The van der Waals surface area contributed by atoms with Gasteiger partial charge in [0.1, 0.15) is 11.4 Å². The molecule has 0 heterocycles. The zero-order chi connectivity index (χ0) is 14.9. The number of hydrogen-bond donors (Lipinski definition) is 3. The predicted molar refractivity (Wildman–Crippen MR) is 86.2 cm³/mol. The maximum atomic E-state index is 10.8. The van der Waals surface area contributed by atoms with Gasteiger partial charge in [-0.1, -0.05) is 46.3 Å². The third-order valence-electron chi connectivity index (χ3n) is 4.11. The minimum atomic E-state index is -0.804. The normalized spacial score (nSPS) is 20.5. The molecule has 1 aliphatic carbocycles. The first-order chi connectivity index (χ1) is 10.1. The van der Waals surface area contributed by atoms with Crippen molar-refractivity contribution >= 4 is 15.9 Å². The van der Waals surface area contributed by atoms with Gasteiger partial charge in [0.2, 0.25) is 0 Å².